The van der Waals surface area contributed by atoms with E-state index in [0.717, 1.165) is 26.2 Å². The standard InChI is InChI=1S/C20H16ClF2N3O.CH4O/c21-15-5-3-13(8-17(15)23)14-4-6-16(22)19-18(14)20(25-11-24-19)26-7-1-2-12(9-26)10-27;1-2/h3-6,8,10-12H,1-2,7,9H2;2H,1H3. The molecule has 0 aliphatic carbocycles. The van der Waals surface area contributed by atoms with Crippen molar-refractivity contribution in [2.45, 2.75) is 12.8 Å². The summed E-state index contributed by atoms with van der Waals surface area (Å²) in [4.78, 5) is 21.7. The molecule has 1 unspecified atom stereocenters. The maximum atomic E-state index is 14.5. The summed E-state index contributed by atoms with van der Waals surface area (Å²) in [5.41, 5.74) is 1.34. The molecule has 1 fully saturated rings. The first-order valence-electron chi connectivity index (χ1n) is 9.12. The topological polar surface area (TPSA) is 66.3 Å². The Balaban J connectivity index is 0.00000117. The highest BCUT2D eigenvalue weighted by Gasteiger charge is 2.24. The van der Waals surface area contributed by atoms with Crippen LogP contribution in [0.2, 0.25) is 5.02 Å². The summed E-state index contributed by atoms with van der Waals surface area (Å²) in [6.07, 6.45) is 3.94. The number of aldehydes is 1. The fraction of sp³-hybridized carbons (Fsp3) is 0.286. The second kappa shape index (κ2) is 9.24. The zero-order chi connectivity index (χ0) is 21.0. The lowest BCUT2D eigenvalue weighted by Crippen LogP contribution is -2.36. The van der Waals surface area contributed by atoms with Crippen LogP contribution >= 0.6 is 11.6 Å². The van der Waals surface area contributed by atoms with E-state index < -0.39 is 11.6 Å². The highest BCUT2D eigenvalue weighted by atomic mass is 35.5. The number of aliphatic hydroxyl groups is 1. The van der Waals surface area contributed by atoms with Gasteiger partial charge in [0.25, 0.3) is 0 Å². The molecule has 5 nitrogen and oxygen atoms in total. The third-order valence-corrected chi connectivity index (χ3v) is 5.21. The molecule has 1 saturated heterocycles. The summed E-state index contributed by atoms with van der Waals surface area (Å²) in [5.74, 6) is -0.565. The first-order chi connectivity index (χ1) is 14.1. The van der Waals surface area contributed by atoms with Crippen molar-refractivity contribution in [2.24, 2.45) is 5.92 Å². The van der Waals surface area contributed by atoms with E-state index in [0.29, 0.717) is 35.4 Å². The fourth-order valence-corrected chi connectivity index (χ4v) is 3.70. The number of benzene rings is 2. The zero-order valence-corrected chi connectivity index (χ0v) is 16.5. The highest BCUT2D eigenvalue weighted by molar-refractivity contribution is 6.30. The lowest BCUT2D eigenvalue weighted by molar-refractivity contribution is -0.111. The molecule has 0 radical (unpaired) electrons. The number of aromatic nitrogens is 2. The van der Waals surface area contributed by atoms with Gasteiger partial charge in [-0.3, -0.25) is 0 Å². The van der Waals surface area contributed by atoms with Gasteiger partial charge in [-0.15, -0.1) is 0 Å². The number of hydrogen-bond donors (Lipinski definition) is 1. The Morgan fingerprint density at radius 3 is 2.69 bits per heavy atom. The average molecular weight is 420 g/mol. The van der Waals surface area contributed by atoms with Crippen LogP contribution in [0.5, 0.6) is 0 Å². The number of carbonyl (C=O) groups excluding carboxylic acids is 1. The molecule has 0 bridgehead atoms. The minimum atomic E-state index is -0.552. The highest BCUT2D eigenvalue weighted by Crippen LogP contribution is 2.37. The third-order valence-electron chi connectivity index (χ3n) is 4.90. The van der Waals surface area contributed by atoms with Crippen molar-refractivity contribution in [3.8, 4) is 11.1 Å². The number of anilines is 1. The molecule has 0 saturated carbocycles. The molecule has 1 aliphatic rings. The third kappa shape index (κ3) is 4.21. The molecule has 3 aromatic rings. The van der Waals surface area contributed by atoms with Crippen molar-refractivity contribution in [2.75, 3.05) is 25.1 Å². The molecule has 2 heterocycles. The molecule has 0 amide bonds. The first kappa shape index (κ1) is 21.1. The van der Waals surface area contributed by atoms with Gasteiger partial charge in [0, 0.05) is 26.1 Å². The van der Waals surface area contributed by atoms with Crippen LogP contribution in [0.3, 0.4) is 0 Å². The largest absolute Gasteiger partial charge is 0.400 e. The Morgan fingerprint density at radius 2 is 1.97 bits per heavy atom. The van der Waals surface area contributed by atoms with Gasteiger partial charge in [0.15, 0.2) is 0 Å². The summed E-state index contributed by atoms with van der Waals surface area (Å²) < 4.78 is 28.5. The van der Waals surface area contributed by atoms with Gasteiger partial charge in [-0.25, -0.2) is 18.7 Å². The van der Waals surface area contributed by atoms with Gasteiger partial charge in [0.05, 0.1) is 10.4 Å². The van der Waals surface area contributed by atoms with Gasteiger partial charge in [-0.05, 0) is 42.2 Å². The van der Waals surface area contributed by atoms with Gasteiger partial charge in [0.2, 0.25) is 0 Å². The quantitative estimate of drug-likeness (QED) is 0.643. The zero-order valence-electron chi connectivity index (χ0n) is 15.8. The van der Waals surface area contributed by atoms with Crippen molar-refractivity contribution in [1.82, 2.24) is 9.97 Å². The molecule has 1 atom stereocenters. The van der Waals surface area contributed by atoms with E-state index in [9.17, 15) is 13.6 Å². The number of hydrogen-bond acceptors (Lipinski definition) is 5. The number of rotatable bonds is 3. The van der Waals surface area contributed by atoms with Crippen molar-refractivity contribution in [3.05, 3.63) is 53.3 Å². The predicted molar refractivity (Wildman–Crippen MR) is 109 cm³/mol. The van der Waals surface area contributed by atoms with E-state index in [1.165, 1.54) is 24.5 Å². The van der Waals surface area contributed by atoms with Crippen LogP contribution in [0.1, 0.15) is 12.8 Å². The number of fused-ring (bicyclic) bond motifs is 1. The van der Waals surface area contributed by atoms with Crippen LogP contribution in [-0.2, 0) is 4.79 Å². The van der Waals surface area contributed by atoms with E-state index in [1.807, 2.05) is 4.90 Å². The Hall–Kier alpha value is -2.64. The maximum Gasteiger partial charge on any atom is 0.149 e. The van der Waals surface area contributed by atoms with Gasteiger partial charge < -0.3 is 14.8 Å². The minimum Gasteiger partial charge on any atom is -0.400 e. The molecular formula is C21H20ClF2N3O2. The van der Waals surface area contributed by atoms with E-state index >= 15 is 0 Å². The first-order valence-corrected chi connectivity index (χ1v) is 9.50. The second-order valence-corrected chi connectivity index (χ2v) is 7.04. The molecule has 4 rings (SSSR count). The van der Waals surface area contributed by atoms with E-state index in [1.54, 1.807) is 12.1 Å². The van der Waals surface area contributed by atoms with Crippen molar-refractivity contribution < 1.29 is 18.7 Å². The van der Waals surface area contributed by atoms with Crippen LogP contribution in [0.15, 0.2) is 36.7 Å². The predicted octanol–water partition coefficient (Wildman–Crippen LogP) is 4.25. The normalized spacial score (nSPS) is 16.3. The smallest absolute Gasteiger partial charge is 0.149 e. The molecule has 0 spiro atoms. The van der Waals surface area contributed by atoms with Gasteiger partial charge in [-0.2, -0.15) is 0 Å². The van der Waals surface area contributed by atoms with Gasteiger partial charge in [-0.1, -0.05) is 23.7 Å². The summed E-state index contributed by atoms with van der Waals surface area (Å²) in [6, 6.07) is 7.36. The van der Waals surface area contributed by atoms with Crippen molar-refractivity contribution in [3.63, 3.8) is 0 Å². The molecule has 2 aromatic carbocycles. The Labute approximate surface area is 172 Å². The van der Waals surface area contributed by atoms with Crippen LogP contribution in [-0.4, -0.2) is 41.6 Å². The number of nitrogens with zero attached hydrogens (tertiary/aromatic N) is 3. The lowest BCUT2D eigenvalue weighted by atomic mass is 9.97. The SMILES string of the molecule is CO.O=CC1CCCN(c2ncnc3c(F)ccc(-c4ccc(Cl)c(F)c4)c23)C1. The Bertz CT molecular complexity index is 1030. The van der Waals surface area contributed by atoms with E-state index in [2.05, 4.69) is 9.97 Å². The summed E-state index contributed by atoms with van der Waals surface area (Å²) in [7, 11) is 1.00. The molecule has 1 N–H and O–H groups in total. The van der Waals surface area contributed by atoms with Crippen LogP contribution in [0.25, 0.3) is 22.0 Å². The van der Waals surface area contributed by atoms with Gasteiger partial charge in [0.1, 0.15) is 35.6 Å². The maximum absolute atomic E-state index is 14.5. The van der Waals surface area contributed by atoms with Gasteiger partial charge >= 0.3 is 0 Å². The summed E-state index contributed by atoms with van der Waals surface area (Å²) in [5, 5.41) is 7.53. The Morgan fingerprint density at radius 1 is 1.17 bits per heavy atom. The van der Waals surface area contributed by atoms with Crippen LogP contribution in [0.4, 0.5) is 14.6 Å². The Kier molecular flexibility index (Phi) is 6.71. The molecule has 1 aromatic heterocycles. The number of carbonyl (C=O) groups is 1. The van der Waals surface area contributed by atoms with Crippen molar-refractivity contribution in [1.29, 1.82) is 0 Å². The second-order valence-electron chi connectivity index (χ2n) is 6.63. The molecule has 29 heavy (non-hydrogen) atoms. The average Bonchev–Trinajstić information content (AvgIpc) is 2.77. The minimum absolute atomic E-state index is 0.0199. The molecule has 1 aliphatic heterocycles. The fourth-order valence-electron chi connectivity index (χ4n) is 3.58. The van der Waals surface area contributed by atoms with E-state index in [4.69, 9.17) is 16.7 Å². The number of aliphatic hydroxyl groups excluding tert-OH is 1. The van der Waals surface area contributed by atoms with Crippen LogP contribution < -0.4 is 4.90 Å². The van der Waals surface area contributed by atoms with Crippen LogP contribution in [0, 0.1) is 17.6 Å². The molecule has 8 heteroatoms. The molecular weight excluding hydrogens is 400 g/mol. The monoisotopic (exact) mass is 419 g/mol. The molecule has 152 valence electrons. The number of piperidine rings is 1. The summed E-state index contributed by atoms with van der Waals surface area (Å²) >= 11 is 5.80. The summed E-state index contributed by atoms with van der Waals surface area (Å²) in [6.45, 7) is 1.22. The lowest BCUT2D eigenvalue weighted by Gasteiger charge is -2.32. The number of halogens is 3. The van der Waals surface area contributed by atoms with E-state index in [-0.39, 0.29) is 16.5 Å². The van der Waals surface area contributed by atoms with Crippen molar-refractivity contribution >= 4 is 34.6 Å².